The first kappa shape index (κ1) is 22.3. The van der Waals surface area contributed by atoms with Gasteiger partial charge in [-0.1, -0.05) is 60.7 Å². The van der Waals surface area contributed by atoms with Crippen LogP contribution in [0, 0.1) is 0 Å². The van der Waals surface area contributed by atoms with E-state index in [4.69, 9.17) is 4.74 Å². The van der Waals surface area contributed by atoms with Crippen molar-refractivity contribution in [2.45, 2.75) is 24.9 Å². The van der Waals surface area contributed by atoms with Gasteiger partial charge in [-0.3, -0.25) is 14.6 Å². The van der Waals surface area contributed by atoms with Crippen LogP contribution in [0.5, 0.6) is 5.75 Å². The van der Waals surface area contributed by atoms with Crippen LogP contribution in [0.2, 0.25) is 0 Å². The predicted octanol–water partition coefficient (Wildman–Crippen LogP) is 3.96. The van der Waals surface area contributed by atoms with Gasteiger partial charge in [-0.2, -0.15) is 0 Å². The Morgan fingerprint density at radius 1 is 1.06 bits per heavy atom. The molecule has 33 heavy (non-hydrogen) atoms. The van der Waals surface area contributed by atoms with Crippen LogP contribution < -0.4 is 10.1 Å². The van der Waals surface area contributed by atoms with E-state index in [9.17, 15) is 9.59 Å². The monoisotopic (exact) mass is 441 g/mol. The van der Waals surface area contributed by atoms with Gasteiger partial charge in [-0.05, 0) is 35.7 Å². The fraction of sp³-hybridized carbons (Fsp3) is 0.222. The van der Waals surface area contributed by atoms with Gasteiger partial charge in [0.2, 0.25) is 5.91 Å². The minimum atomic E-state index is -0.726. The summed E-state index contributed by atoms with van der Waals surface area (Å²) in [5, 5.41) is 2.98. The lowest BCUT2D eigenvalue weighted by Gasteiger charge is -2.36. The molecule has 0 aliphatic carbocycles. The minimum absolute atomic E-state index is 0.125. The molecule has 168 valence electrons. The maximum Gasteiger partial charge on any atom is 0.255 e. The number of carbonyl (C=O) groups is 2. The number of nitrogens with zero attached hydrogens (tertiary/aromatic N) is 2. The topological polar surface area (TPSA) is 71.5 Å². The molecule has 3 aromatic rings. The number of nitrogens with one attached hydrogen (secondary N) is 1. The third-order valence-corrected chi connectivity index (χ3v) is 5.79. The van der Waals surface area contributed by atoms with E-state index in [2.05, 4.69) is 16.4 Å². The van der Waals surface area contributed by atoms with Gasteiger partial charge >= 0.3 is 0 Å². The minimum Gasteiger partial charge on any atom is -0.496 e. The molecule has 0 fully saturated rings. The maximum atomic E-state index is 13.8. The van der Waals surface area contributed by atoms with E-state index in [0.717, 1.165) is 11.1 Å². The number of methoxy groups -OCH3 is 1. The largest absolute Gasteiger partial charge is 0.496 e. The molecule has 1 N–H and O–H groups in total. The van der Waals surface area contributed by atoms with E-state index >= 15 is 0 Å². The van der Waals surface area contributed by atoms with Crippen LogP contribution in [-0.4, -0.2) is 41.4 Å². The molecule has 0 radical (unpaired) electrons. The van der Waals surface area contributed by atoms with Gasteiger partial charge in [-0.15, -0.1) is 0 Å². The van der Waals surface area contributed by atoms with Gasteiger partial charge in [0, 0.05) is 25.4 Å². The van der Waals surface area contributed by atoms with E-state index in [0.29, 0.717) is 30.7 Å². The number of hydrogen-bond acceptors (Lipinski definition) is 4. The summed E-state index contributed by atoms with van der Waals surface area (Å²) in [7, 11) is 1.53. The van der Waals surface area contributed by atoms with Crippen molar-refractivity contribution in [2.75, 3.05) is 13.7 Å². The van der Waals surface area contributed by atoms with Crippen molar-refractivity contribution in [3.05, 3.63) is 108 Å². The number of benzene rings is 2. The summed E-state index contributed by atoms with van der Waals surface area (Å²) in [5.41, 5.74) is 2.35. The van der Waals surface area contributed by atoms with E-state index in [1.165, 1.54) is 7.11 Å². The van der Waals surface area contributed by atoms with Crippen molar-refractivity contribution in [1.29, 1.82) is 0 Å². The highest BCUT2D eigenvalue weighted by molar-refractivity contribution is 5.99. The van der Waals surface area contributed by atoms with Crippen LogP contribution in [0.15, 0.2) is 91.3 Å². The van der Waals surface area contributed by atoms with Crippen LogP contribution in [0.25, 0.3) is 0 Å². The van der Waals surface area contributed by atoms with Crippen LogP contribution in [0.4, 0.5) is 0 Å². The Bertz CT molecular complexity index is 1120. The SMILES string of the molecule is COc1ccccc1C(=O)N[C@H](Cc1ccccc1)C(=O)N1CC=CCC1c1cccnc1. The van der Waals surface area contributed by atoms with Gasteiger partial charge in [0.25, 0.3) is 5.91 Å². The van der Waals surface area contributed by atoms with Gasteiger partial charge < -0.3 is 15.0 Å². The normalized spacial score (nSPS) is 16.2. The van der Waals surface area contributed by atoms with Gasteiger partial charge in [0.05, 0.1) is 18.7 Å². The van der Waals surface area contributed by atoms with Crippen molar-refractivity contribution in [2.24, 2.45) is 0 Å². The Kier molecular flexibility index (Phi) is 7.15. The summed E-state index contributed by atoms with van der Waals surface area (Å²) >= 11 is 0. The summed E-state index contributed by atoms with van der Waals surface area (Å²) in [6.45, 7) is 0.480. The third kappa shape index (κ3) is 5.29. The zero-order chi connectivity index (χ0) is 23.0. The number of hydrogen-bond donors (Lipinski definition) is 1. The fourth-order valence-electron chi connectivity index (χ4n) is 4.12. The molecule has 6 nitrogen and oxygen atoms in total. The Hall–Kier alpha value is -3.93. The zero-order valence-electron chi connectivity index (χ0n) is 18.6. The van der Waals surface area contributed by atoms with E-state index < -0.39 is 6.04 Å². The first-order chi connectivity index (χ1) is 16.2. The number of para-hydroxylation sites is 1. The van der Waals surface area contributed by atoms with E-state index in [-0.39, 0.29) is 17.9 Å². The first-order valence-electron chi connectivity index (χ1n) is 11.0. The lowest BCUT2D eigenvalue weighted by Crippen LogP contribution is -2.51. The Balaban J connectivity index is 1.63. The molecule has 1 aliphatic rings. The predicted molar refractivity (Wildman–Crippen MR) is 127 cm³/mol. The lowest BCUT2D eigenvalue weighted by molar-refractivity contribution is -0.135. The molecule has 2 aromatic carbocycles. The Morgan fingerprint density at radius 3 is 2.61 bits per heavy atom. The summed E-state index contributed by atoms with van der Waals surface area (Å²) in [6, 6.07) is 19.7. The number of aromatic nitrogens is 1. The molecule has 6 heteroatoms. The quantitative estimate of drug-likeness (QED) is 0.564. The van der Waals surface area contributed by atoms with E-state index in [1.807, 2.05) is 53.4 Å². The van der Waals surface area contributed by atoms with Gasteiger partial charge in [-0.25, -0.2) is 0 Å². The summed E-state index contributed by atoms with van der Waals surface area (Å²) < 4.78 is 5.35. The molecular weight excluding hydrogens is 414 g/mol. The lowest BCUT2D eigenvalue weighted by atomic mass is 9.97. The highest BCUT2D eigenvalue weighted by atomic mass is 16.5. The maximum absolute atomic E-state index is 13.8. The standard InChI is InChI=1S/C27H27N3O3/c1-33-25-15-6-5-13-22(25)26(31)29-23(18-20-10-3-2-4-11-20)27(32)30-17-8-7-14-24(30)21-12-9-16-28-19-21/h2-13,15-16,19,23-24H,14,17-18H2,1H3,(H,29,31)/t23-,24?/m1/s1. The average Bonchev–Trinajstić information content (AvgIpc) is 2.89. The summed E-state index contributed by atoms with van der Waals surface area (Å²) in [6.07, 6.45) is 8.69. The third-order valence-electron chi connectivity index (χ3n) is 5.79. The number of carbonyl (C=O) groups excluding carboxylic acids is 2. The molecule has 4 rings (SSSR count). The molecule has 2 atom stereocenters. The molecule has 0 saturated heterocycles. The highest BCUT2D eigenvalue weighted by Crippen LogP contribution is 2.28. The average molecular weight is 442 g/mol. The second kappa shape index (κ2) is 10.6. The molecule has 1 aliphatic heterocycles. The van der Waals surface area contributed by atoms with Crippen LogP contribution in [0.1, 0.15) is 33.9 Å². The number of pyridine rings is 1. The Morgan fingerprint density at radius 2 is 1.85 bits per heavy atom. The molecule has 2 amide bonds. The van der Waals surface area contributed by atoms with Crippen LogP contribution >= 0.6 is 0 Å². The molecule has 1 unspecified atom stereocenters. The van der Waals surface area contributed by atoms with Gasteiger partial charge in [0.15, 0.2) is 0 Å². The number of ether oxygens (including phenoxy) is 1. The molecule has 0 bridgehead atoms. The fourth-order valence-corrected chi connectivity index (χ4v) is 4.12. The molecule has 2 heterocycles. The van der Waals surface area contributed by atoms with Crippen LogP contribution in [-0.2, 0) is 11.2 Å². The van der Waals surface area contributed by atoms with Crippen molar-refractivity contribution in [3.63, 3.8) is 0 Å². The van der Waals surface area contributed by atoms with Gasteiger partial charge in [0.1, 0.15) is 11.8 Å². The first-order valence-corrected chi connectivity index (χ1v) is 11.0. The van der Waals surface area contributed by atoms with Crippen molar-refractivity contribution >= 4 is 11.8 Å². The van der Waals surface area contributed by atoms with Crippen molar-refractivity contribution in [3.8, 4) is 5.75 Å². The van der Waals surface area contributed by atoms with Crippen molar-refractivity contribution in [1.82, 2.24) is 15.2 Å². The number of amides is 2. The molecule has 0 spiro atoms. The zero-order valence-corrected chi connectivity index (χ0v) is 18.6. The second-order valence-electron chi connectivity index (χ2n) is 7.92. The Labute approximate surface area is 193 Å². The van der Waals surface area contributed by atoms with Crippen LogP contribution in [0.3, 0.4) is 0 Å². The second-order valence-corrected chi connectivity index (χ2v) is 7.92. The smallest absolute Gasteiger partial charge is 0.255 e. The van der Waals surface area contributed by atoms with Crippen molar-refractivity contribution < 1.29 is 14.3 Å². The highest BCUT2D eigenvalue weighted by Gasteiger charge is 2.32. The molecular formula is C27H27N3O3. The molecule has 0 saturated carbocycles. The summed E-state index contributed by atoms with van der Waals surface area (Å²) in [5.74, 6) is 0.00238. The summed E-state index contributed by atoms with van der Waals surface area (Å²) in [4.78, 5) is 33.1. The van der Waals surface area contributed by atoms with E-state index in [1.54, 1.807) is 36.7 Å². The number of rotatable bonds is 7. The molecule has 1 aromatic heterocycles.